The van der Waals surface area contributed by atoms with Crippen molar-refractivity contribution in [3.63, 3.8) is 0 Å². The minimum atomic E-state index is -0.359. The van der Waals surface area contributed by atoms with E-state index >= 15 is 0 Å². The van der Waals surface area contributed by atoms with Gasteiger partial charge < -0.3 is 13.9 Å². The average molecular weight is 589 g/mol. The number of hydrogen-bond acceptors (Lipinski definition) is 7. The maximum atomic E-state index is 14.1. The summed E-state index contributed by atoms with van der Waals surface area (Å²) < 4.78 is 19.1. The third kappa shape index (κ3) is 4.83. The van der Waals surface area contributed by atoms with Crippen LogP contribution >= 0.6 is 11.3 Å². The zero-order valence-corrected chi connectivity index (χ0v) is 24.5. The SMILES string of the molecule is CCOC(=O)c1ccc(-c2ccc(/C=c3/sc4n(c3=O)[C@H](c3cccc(OC)c3)C3=C(N=4)c4ccccc4CC3)o2)cc1. The van der Waals surface area contributed by atoms with Crippen LogP contribution < -0.4 is 19.6 Å². The highest BCUT2D eigenvalue weighted by atomic mass is 32.1. The van der Waals surface area contributed by atoms with Gasteiger partial charge in [-0.05, 0) is 72.9 Å². The summed E-state index contributed by atoms with van der Waals surface area (Å²) in [5, 5.41) is 0. The highest BCUT2D eigenvalue weighted by molar-refractivity contribution is 7.07. The lowest BCUT2D eigenvalue weighted by atomic mass is 9.83. The lowest BCUT2D eigenvalue weighted by molar-refractivity contribution is 0.0526. The molecule has 0 amide bonds. The lowest BCUT2D eigenvalue weighted by Gasteiger charge is -2.31. The fraction of sp³-hybridized carbons (Fsp3) is 0.171. The van der Waals surface area contributed by atoms with Crippen LogP contribution in [0.4, 0.5) is 0 Å². The summed E-state index contributed by atoms with van der Waals surface area (Å²) in [6, 6.07) is 26.8. The maximum Gasteiger partial charge on any atom is 0.338 e. The smallest absolute Gasteiger partial charge is 0.338 e. The Bertz CT molecular complexity index is 2080. The van der Waals surface area contributed by atoms with E-state index in [0.29, 0.717) is 33.0 Å². The van der Waals surface area contributed by atoms with Gasteiger partial charge in [0.2, 0.25) is 0 Å². The Labute approximate surface area is 251 Å². The molecular weight excluding hydrogens is 560 g/mol. The first-order valence-corrected chi connectivity index (χ1v) is 15.0. The molecule has 0 bridgehead atoms. The van der Waals surface area contributed by atoms with Crippen molar-refractivity contribution in [3.05, 3.63) is 138 Å². The number of hydrogen-bond donors (Lipinski definition) is 0. The second-order valence-electron chi connectivity index (χ2n) is 10.4. The monoisotopic (exact) mass is 588 g/mol. The molecule has 2 aromatic heterocycles. The molecule has 1 atom stereocenters. The van der Waals surface area contributed by atoms with Crippen LogP contribution in [0.1, 0.15) is 52.2 Å². The molecule has 43 heavy (non-hydrogen) atoms. The summed E-state index contributed by atoms with van der Waals surface area (Å²) in [5.74, 6) is 1.58. The first-order chi connectivity index (χ1) is 21.0. The van der Waals surface area contributed by atoms with Crippen LogP contribution in [-0.2, 0) is 11.2 Å². The van der Waals surface area contributed by atoms with Crippen LogP contribution in [0.2, 0.25) is 0 Å². The topological polar surface area (TPSA) is 83.0 Å². The van der Waals surface area contributed by atoms with E-state index in [9.17, 15) is 9.59 Å². The number of thiazole rings is 1. The molecular formula is C35H28N2O5S. The van der Waals surface area contributed by atoms with Crippen LogP contribution in [0.25, 0.3) is 23.1 Å². The molecule has 214 valence electrons. The van der Waals surface area contributed by atoms with Gasteiger partial charge in [0.25, 0.3) is 5.56 Å². The zero-order chi connectivity index (χ0) is 29.5. The van der Waals surface area contributed by atoms with Crippen molar-refractivity contribution in [1.82, 2.24) is 4.57 Å². The van der Waals surface area contributed by atoms with Crippen LogP contribution in [0.3, 0.4) is 0 Å². The number of fused-ring (bicyclic) bond motifs is 3. The van der Waals surface area contributed by atoms with Crippen molar-refractivity contribution in [2.24, 2.45) is 4.99 Å². The van der Waals surface area contributed by atoms with Crippen molar-refractivity contribution in [2.45, 2.75) is 25.8 Å². The molecule has 7 nitrogen and oxygen atoms in total. The van der Waals surface area contributed by atoms with E-state index in [4.69, 9.17) is 18.9 Å². The molecule has 0 N–H and O–H groups in total. The van der Waals surface area contributed by atoms with Crippen molar-refractivity contribution in [3.8, 4) is 17.1 Å². The molecule has 0 saturated carbocycles. The quantitative estimate of drug-likeness (QED) is 0.236. The number of aryl methyl sites for hydroxylation is 1. The highest BCUT2D eigenvalue weighted by Crippen LogP contribution is 2.41. The minimum absolute atomic E-state index is 0.112. The van der Waals surface area contributed by atoms with E-state index < -0.39 is 0 Å². The standard InChI is InChI=1S/C35H28N2O5S/c1-3-41-34(39)23-13-11-22(12-14-23)29-18-16-26(42-29)20-30-33(38)37-32(24-8-6-9-25(19-24)40-2)28-17-15-21-7-4-5-10-27(21)31(28)36-35(37)43-30/h4-14,16,18-20,32H,3,15,17H2,1-2H3/b30-20+/t32-/m1/s1. The Morgan fingerprint density at radius 2 is 1.88 bits per heavy atom. The molecule has 1 aliphatic carbocycles. The van der Waals surface area contributed by atoms with Crippen molar-refractivity contribution in [1.29, 1.82) is 0 Å². The molecule has 3 aromatic carbocycles. The number of carbonyl (C=O) groups is 1. The molecule has 0 saturated heterocycles. The van der Waals surface area contributed by atoms with Crippen molar-refractivity contribution >= 4 is 29.1 Å². The molecule has 5 aromatic rings. The first kappa shape index (κ1) is 26.9. The van der Waals surface area contributed by atoms with Gasteiger partial charge in [-0.1, -0.05) is 59.9 Å². The predicted molar refractivity (Wildman–Crippen MR) is 166 cm³/mol. The number of methoxy groups -OCH3 is 1. The van der Waals surface area contributed by atoms with Crippen LogP contribution in [-0.4, -0.2) is 24.3 Å². The average Bonchev–Trinajstić information content (AvgIpc) is 3.64. The Balaban J connectivity index is 1.32. The van der Waals surface area contributed by atoms with E-state index in [2.05, 4.69) is 18.2 Å². The number of aromatic nitrogens is 1. The van der Waals surface area contributed by atoms with Gasteiger partial charge in [0.15, 0.2) is 4.80 Å². The normalized spacial score (nSPS) is 15.8. The van der Waals surface area contributed by atoms with Gasteiger partial charge in [0.1, 0.15) is 17.3 Å². The minimum Gasteiger partial charge on any atom is -0.497 e. The molecule has 1 aliphatic heterocycles. The summed E-state index contributed by atoms with van der Waals surface area (Å²) in [6.07, 6.45) is 3.49. The molecule has 7 rings (SSSR count). The molecule has 0 spiro atoms. The Kier molecular flexibility index (Phi) is 6.91. The predicted octanol–water partition coefficient (Wildman–Crippen LogP) is 5.76. The first-order valence-electron chi connectivity index (χ1n) is 14.2. The Hall–Kier alpha value is -4.95. The summed E-state index contributed by atoms with van der Waals surface area (Å²) in [5.41, 5.74) is 6.66. The van der Waals surface area contributed by atoms with Gasteiger partial charge in [-0.3, -0.25) is 9.36 Å². The second kappa shape index (κ2) is 11.0. The van der Waals surface area contributed by atoms with E-state index in [1.54, 1.807) is 32.2 Å². The Morgan fingerprint density at radius 1 is 1.05 bits per heavy atom. The van der Waals surface area contributed by atoms with Gasteiger partial charge in [0.05, 0.1) is 35.6 Å². The third-order valence-electron chi connectivity index (χ3n) is 7.86. The van der Waals surface area contributed by atoms with E-state index in [-0.39, 0.29) is 17.6 Å². The number of carbonyl (C=O) groups excluding carboxylic acids is 1. The molecule has 0 fully saturated rings. The fourth-order valence-corrected chi connectivity index (χ4v) is 6.81. The van der Waals surface area contributed by atoms with Gasteiger partial charge in [-0.15, -0.1) is 0 Å². The number of nitrogens with zero attached hydrogens (tertiary/aromatic N) is 2. The lowest BCUT2D eigenvalue weighted by Crippen LogP contribution is -2.38. The van der Waals surface area contributed by atoms with Crippen LogP contribution in [0.15, 0.2) is 105 Å². The number of rotatable bonds is 6. The van der Waals surface area contributed by atoms with Crippen LogP contribution in [0, 0.1) is 0 Å². The number of esters is 1. The van der Waals surface area contributed by atoms with E-state index in [1.165, 1.54) is 16.9 Å². The molecule has 8 heteroatoms. The van der Waals surface area contributed by atoms with Crippen LogP contribution in [0.5, 0.6) is 5.75 Å². The van der Waals surface area contributed by atoms with Gasteiger partial charge in [-0.2, -0.15) is 0 Å². The zero-order valence-electron chi connectivity index (χ0n) is 23.7. The number of allylic oxidation sites excluding steroid dienone is 1. The van der Waals surface area contributed by atoms with Crippen molar-refractivity contribution in [2.75, 3.05) is 13.7 Å². The summed E-state index contributed by atoms with van der Waals surface area (Å²) in [4.78, 5) is 31.8. The fourth-order valence-electron chi connectivity index (χ4n) is 5.83. The number of ether oxygens (including phenoxy) is 2. The Morgan fingerprint density at radius 3 is 2.70 bits per heavy atom. The van der Waals surface area contributed by atoms with Gasteiger partial charge >= 0.3 is 5.97 Å². The van der Waals surface area contributed by atoms with E-state index in [1.807, 2.05) is 59.2 Å². The number of benzene rings is 3. The third-order valence-corrected chi connectivity index (χ3v) is 8.85. The summed E-state index contributed by atoms with van der Waals surface area (Å²) >= 11 is 1.36. The summed E-state index contributed by atoms with van der Waals surface area (Å²) in [7, 11) is 1.65. The summed E-state index contributed by atoms with van der Waals surface area (Å²) in [6.45, 7) is 2.10. The largest absolute Gasteiger partial charge is 0.497 e. The van der Waals surface area contributed by atoms with Crippen molar-refractivity contribution < 1.29 is 18.7 Å². The molecule has 3 heterocycles. The maximum absolute atomic E-state index is 14.1. The number of furan rings is 1. The van der Waals surface area contributed by atoms with E-state index in [0.717, 1.165) is 46.6 Å². The molecule has 0 radical (unpaired) electrons. The highest BCUT2D eigenvalue weighted by Gasteiger charge is 2.32. The molecule has 0 unspecified atom stereocenters. The molecule has 2 aliphatic rings. The second-order valence-corrected chi connectivity index (χ2v) is 11.4. The van der Waals surface area contributed by atoms with Gasteiger partial charge in [0, 0.05) is 17.2 Å². The van der Waals surface area contributed by atoms with Gasteiger partial charge in [-0.25, -0.2) is 9.79 Å².